The zero-order valence-corrected chi connectivity index (χ0v) is 11.3. The van der Waals surface area contributed by atoms with Gasteiger partial charge in [-0.25, -0.2) is 4.79 Å². The number of carbonyl (C=O) groups excluding carboxylic acids is 1. The Balaban J connectivity index is 1.90. The lowest BCUT2D eigenvalue weighted by atomic mass is 10.0. The van der Waals surface area contributed by atoms with E-state index in [1.807, 2.05) is 0 Å². The molecule has 2 fully saturated rings. The Hall–Kier alpha value is -1.14. The van der Waals surface area contributed by atoms with Crippen LogP contribution in [0.15, 0.2) is 0 Å². The van der Waals surface area contributed by atoms with Gasteiger partial charge in [0.05, 0.1) is 12.1 Å². The third-order valence-corrected chi connectivity index (χ3v) is 3.98. The van der Waals surface area contributed by atoms with Crippen LogP contribution in [0.2, 0.25) is 0 Å². The van der Waals surface area contributed by atoms with Crippen LogP contribution in [0.3, 0.4) is 0 Å². The fourth-order valence-corrected chi connectivity index (χ4v) is 2.96. The van der Waals surface area contributed by atoms with E-state index in [9.17, 15) is 9.59 Å². The molecule has 2 aliphatic heterocycles. The number of nitrogens with zero attached hydrogens (tertiary/aromatic N) is 1. The second-order valence-electron chi connectivity index (χ2n) is 5.28. The molecule has 6 nitrogen and oxygen atoms in total. The molecule has 0 radical (unpaired) electrons. The smallest absolute Gasteiger partial charge is 0.332 e. The molecule has 0 spiro atoms. The maximum atomic E-state index is 11.8. The van der Waals surface area contributed by atoms with Crippen LogP contribution in [0.1, 0.15) is 32.1 Å². The summed E-state index contributed by atoms with van der Waals surface area (Å²) in [6, 6.07) is -0.0915. The summed E-state index contributed by atoms with van der Waals surface area (Å²) in [6.07, 6.45) is 3.61. The monoisotopic (exact) mass is 270 g/mol. The Morgan fingerprint density at radius 1 is 1.32 bits per heavy atom. The number of carboxylic acids is 1. The number of nitrogens with one attached hydrogen (secondary N) is 1. The van der Waals surface area contributed by atoms with Gasteiger partial charge in [-0.15, -0.1) is 0 Å². The second-order valence-corrected chi connectivity index (χ2v) is 5.28. The molecule has 0 aromatic carbocycles. The molecular formula is C13H22N2O4. The molecule has 0 aliphatic carbocycles. The number of piperidine rings is 1. The van der Waals surface area contributed by atoms with Gasteiger partial charge in [-0.2, -0.15) is 0 Å². The Kier molecular flexibility index (Phi) is 4.76. The van der Waals surface area contributed by atoms with Gasteiger partial charge in [0.1, 0.15) is 0 Å². The molecule has 2 N–H and O–H groups in total. The first-order valence-electron chi connectivity index (χ1n) is 6.95. The molecule has 3 unspecified atom stereocenters. The van der Waals surface area contributed by atoms with E-state index in [4.69, 9.17) is 9.84 Å². The third-order valence-electron chi connectivity index (χ3n) is 3.98. The molecule has 2 heterocycles. The highest BCUT2D eigenvalue weighted by Crippen LogP contribution is 2.24. The second kappa shape index (κ2) is 6.34. The van der Waals surface area contributed by atoms with Gasteiger partial charge in [-0.1, -0.05) is 6.42 Å². The minimum atomic E-state index is -0.885. The Labute approximate surface area is 113 Å². The molecule has 0 aromatic rings. The normalized spacial score (nSPS) is 32.2. The van der Waals surface area contributed by atoms with Crippen LogP contribution < -0.4 is 5.32 Å². The lowest BCUT2D eigenvalue weighted by Crippen LogP contribution is -2.51. The van der Waals surface area contributed by atoms with Crippen LogP contribution >= 0.6 is 0 Å². The van der Waals surface area contributed by atoms with E-state index in [1.54, 1.807) is 7.05 Å². The zero-order valence-electron chi connectivity index (χ0n) is 11.3. The van der Waals surface area contributed by atoms with Gasteiger partial charge in [0, 0.05) is 13.6 Å². The number of amides is 1. The first-order valence-corrected chi connectivity index (χ1v) is 6.95. The quantitative estimate of drug-likeness (QED) is 0.764. The van der Waals surface area contributed by atoms with E-state index >= 15 is 0 Å². The average molecular weight is 270 g/mol. The highest BCUT2D eigenvalue weighted by Gasteiger charge is 2.35. The summed E-state index contributed by atoms with van der Waals surface area (Å²) >= 11 is 0. The Morgan fingerprint density at radius 2 is 2.11 bits per heavy atom. The predicted molar refractivity (Wildman–Crippen MR) is 68.8 cm³/mol. The minimum absolute atomic E-state index is 0.0486. The summed E-state index contributed by atoms with van der Waals surface area (Å²) in [7, 11) is 1.65. The predicted octanol–water partition coefficient (Wildman–Crippen LogP) is 0.219. The number of carbonyl (C=O) groups is 2. The van der Waals surface area contributed by atoms with E-state index < -0.39 is 12.1 Å². The highest BCUT2D eigenvalue weighted by molar-refractivity contribution is 5.81. The van der Waals surface area contributed by atoms with Crippen LogP contribution in [-0.2, 0) is 14.3 Å². The largest absolute Gasteiger partial charge is 0.479 e. The molecule has 0 bridgehead atoms. The number of rotatable bonds is 4. The van der Waals surface area contributed by atoms with E-state index in [0.717, 1.165) is 32.2 Å². The molecule has 0 saturated carbocycles. The topological polar surface area (TPSA) is 78.9 Å². The Morgan fingerprint density at radius 3 is 2.74 bits per heavy atom. The van der Waals surface area contributed by atoms with Gasteiger partial charge in [0.2, 0.25) is 5.91 Å². The van der Waals surface area contributed by atoms with E-state index in [1.165, 1.54) is 0 Å². The number of likely N-dealkylation sites (tertiary alicyclic amines) is 1. The van der Waals surface area contributed by atoms with Gasteiger partial charge in [0.15, 0.2) is 6.10 Å². The molecular weight excluding hydrogens is 248 g/mol. The maximum Gasteiger partial charge on any atom is 0.332 e. The van der Waals surface area contributed by atoms with Crippen LogP contribution in [0.5, 0.6) is 0 Å². The molecule has 2 rings (SSSR count). The van der Waals surface area contributed by atoms with E-state index in [2.05, 4.69) is 10.2 Å². The van der Waals surface area contributed by atoms with Crippen molar-refractivity contribution in [3.05, 3.63) is 0 Å². The van der Waals surface area contributed by atoms with Crippen molar-refractivity contribution in [1.82, 2.24) is 10.2 Å². The summed E-state index contributed by atoms with van der Waals surface area (Å²) < 4.78 is 5.51. The van der Waals surface area contributed by atoms with Gasteiger partial charge in [-0.3, -0.25) is 9.69 Å². The van der Waals surface area contributed by atoms with E-state index in [0.29, 0.717) is 13.0 Å². The van der Waals surface area contributed by atoms with Crippen LogP contribution in [-0.4, -0.2) is 60.3 Å². The first-order chi connectivity index (χ1) is 9.11. The van der Waals surface area contributed by atoms with Crippen molar-refractivity contribution < 1.29 is 19.4 Å². The van der Waals surface area contributed by atoms with Crippen LogP contribution in [0.25, 0.3) is 0 Å². The number of hydrogen-bond donors (Lipinski definition) is 2. The summed E-state index contributed by atoms with van der Waals surface area (Å²) in [5, 5.41) is 11.6. The lowest BCUT2D eigenvalue weighted by Gasteiger charge is -2.35. The summed E-state index contributed by atoms with van der Waals surface area (Å²) in [5.41, 5.74) is 0. The fraction of sp³-hybridized carbons (Fsp3) is 0.846. The van der Waals surface area contributed by atoms with Crippen LogP contribution in [0, 0.1) is 0 Å². The van der Waals surface area contributed by atoms with Gasteiger partial charge < -0.3 is 15.2 Å². The SMILES string of the molecule is CNC(=O)C1CCCCN1CC1CCC(C(=O)O)O1. The summed E-state index contributed by atoms with van der Waals surface area (Å²) in [4.78, 5) is 24.8. The maximum absolute atomic E-state index is 11.8. The lowest BCUT2D eigenvalue weighted by molar-refractivity contribution is -0.150. The number of ether oxygens (including phenoxy) is 1. The van der Waals surface area contributed by atoms with Gasteiger partial charge in [-0.05, 0) is 32.2 Å². The molecule has 0 aromatic heterocycles. The summed E-state index contributed by atoms with van der Waals surface area (Å²) in [6.45, 7) is 1.54. The number of hydrogen-bond acceptors (Lipinski definition) is 4. The Bertz CT molecular complexity index is 348. The molecule has 19 heavy (non-hydrogen) atoms. The minimum Gasteiger partial charge on any atom is -0.479 e. The molecule has 6 heteroatoms. The van der Waals surface area contributed by atoms with Crippen molar-refractivity contribution in [2.24, 2.45) is 0 Å². The van der Waals surface area contributed by atoms with Gasteiger partial charge in [0.25, 0.3) is 0 Å². The molecule has 3 atom stereocenters. The van der Waals surface area contributed by atoms with Gasteiger partial charge >= 0.3 is 5.97 Å². The van der Waals surface area contributed by atoms with Crippen molar-refractivity contribution in [1.29, 1.82) is 0 Å². The standard InChI is InChI=1S/C13H22N2O4/c1-14-12(16)10-4-2-3-7-15(10)8-9-5-6-11(19-9)13(17)18/h9-11H,2-8H2,1H3,(H,14,16)(H,17,18). The molecule has 1 amide bonds. The van der Waals surface area contributed by atoms with Crippen LogP contribution in [0.4, 0.5) is 0 Å². The van der Waals surface area contributed by atoms with E-state index in [-0.39, 0.29) is 18.1 Å². The van der Waals surface area contributed by atoms with Crippen molar-refractivity contribution >= 4 is 11.9 Å². The third kappa shape index (κ3) is 3.45. The van der Waals surface area contributed by atoms with Crippen molar-refractivity contribution in [3.63, 3.8) is 0 Å². The van der Waals surface area contributed by atoms with Crippen molar-refractivity contribution in [2.45, 2.75) is 50.4 Å². The summed E-state index contributed by atoms with van der Waals surface area (Å²) in [5.74, 6) is -0.837. The zero-order chi connectivity index (χ0) is 13.8. The number of likely N-dealkylation sites (N-methyl/N-ethyl adjacent to an activating group) is 1. The number of aliphatic carboxylic acids is 1. The fourth-order valence-electron chi connectivity index (χ4n) is 2.96. The molecule has 2 saturated heterocycles. The average Bonchev–Trinajstić information content (AvgIpc) is 2.87. The molecule has 2 aliphatic rings. The molecule has 108 valence electrons. The van der Waals surface area contributed by atoms with Crippen molar-refractivity contribution in [3.8, 4) is 0 Å². The van der Waals surface area contributed by atoms with Crippen molar-refractivity contribution in [2.75, 3.05) is 20.1 Å². The number of carboxylic acid groups (broad SMARTS) is 1. The first kappa shape index (κ1) is 14.3. The highest BCUT2D eigenvalue weighted by atomic mass is 16.5.